The molecule has 0 bridgehead atoms. The highest BCUT2D eigenvalue weighted by molar-refractivity contribution is 8.13. The van der Waals surface area contributed by atoms with Gasteiger partial charge < -0.3 is 0 Å². The maximum atomic E-state index is 11.3. The van der Waals surface area contributed by atoms with Crippen molar-refractivity contribution in [3.05, 3.63) is 35.2 Å². The Labute approximate surface area is 107 Å². The number of rotatable bonds is 2. The first kappa shape index (κ1) is 12.3. The molecule has 0 amide bonds. The van der Waals surface area contributed by atoms with E-state index in [1.54, 1.807) is 24.4 Å². The summed E-state index contributed by atoms with van der Waals surface area (Å²) in [5.74, 6) is 0.423. The number of hydrogen-bond donors (Lipinski definition) is 0. The zero-order valence-electron chi connectivity index (χ0n) is 8.63. The van der Waals surface area contributed by atoms with E-state index >= 15 is 0 Å². The molecule has 0 unspecified atom stereocenters. The summed E-state index contributed by atoms with van der Waals surface area (Å²) < 4.78 is 23.9. The van der Waals surface area contributed by atoms with Gasteiger partial charge in [0, 0.05) is 16.9 Å². The third-order valence-electron chi connectivity index (χ3n) is 2.06. The van der Waals surface area contributed by atoms with Crippen molar-refractivity contribution in [2.75, 3.05) is 0 Å². The summed E-state index contributed by atoms with van der Waals surface area (Å²) in [6.45, 7) is 1.51. The van der Waals surface area contributed by atoms with Gasteiger partial charge in [-0.1, -0.05) is 17.7 Å². The summed E-state index contributed by atoms with van der Waals surface area (Å²) in [5, 5.41) is 3.93. The van der Waals surface area contributed by atoms with E-state index < -0.39 is 9.05 Å². The minimum absolute atomic E-state index is 0.0730. The predicted molar refractivity (Wildman–Crippen MR) is 64.1 cm³/mol. The van der Waals surface area contributed by atoms with Crippen LogP contribution in [0.15, 0.2) is 29.3 Å². The molecular weight excluding hydrogens is 285 g/mol. The lowest BCUT2D eigenvalue weighted by atomic mass is 10.5. The predicted octanol–water partition coefficient (Wildman–Crippen LogP) is 2.16. The van der Waals surface area contributed by atoms with Crippen molar-refractivity contribution in [3.8, 4) is 5.82 Å². The normalized spacial score (nSPS) is 11.7. The SMILES string of the molecule is Cc1nn(-c2ccccn2)c(Cl)c1S(=O)(=O)Cl. The second kappa shape index (κ2) is 4.29. The molecule has 0 N–H and O–H groups in total. The summed E-state index contributed by atoms with van der Waals surface area (Å²) >= 11 is 5.95. The highest BCUT2D eigenvalue weighted by Gasteiger charge is 2.24. The molecule has 0 saturated carbocycles. The monoisotopic (exact) mass is 291 g/mol. The lowest BCUT2D eigenvalue weighted by Crippen LogP contribution is -1.99. The fraction of sp³-hybridized carbons (Fsp3) is 0.111. The maximum Gasteiger partial charge on any atom is 0.266 e. The molecule has 0 atom stereocenters. The topological polar surface area (TPSA) is 64.8 Å². The molecular formula is C9H7Cl2N3O2S. The first-order chi connectivity index (χ1) is 7.91. The molecule has 0 aliphatic heterocycles. The third-order valence-corrected chi connectivity index (χ3v) is 3.96. The smallest absolute Gasteiger partial charge is 0.237 e. The van der Waals surface area contributed by atoms with Gasteiger partial charge in [-0.3, -0.25) is 0 Å². The molecule has 0 aromatic carbocycles. The van der Waals surface area contributed by atoms with Gasteiger partial charge in [-0.2, -0.15) is 5.10 Å². The molecule has 0 radical (unpaired) electrons. The van der Waals surface area contributed by atoms with Crippen LogP contribution in [-0.4, -0.2) is 23.2 Å². The lowest BCUT2D eigenvalue weighted by molar-refractivity contribution is 0.609. The van der Waals surface area contributed by atoms with Gasteiger partial charge in [0.2, 0.25) is 0 Å². The Hall–Kier alpha value is -1.11. The van der Waals surface area contributed by atoms with Crippen molar-refractivity contribution in [3.63, 3.8) is 0 Å². The number of aromatic nitrogens is 3. The van der Waals surface area contributed by atoms with Gasteiger partial charge in [0.05, 0.1) is 5.69 Å². The van der Waals surface area contributed by atoms with Crippen LogP contribution < -0.4 is 0 Å². The van der Waals surface area contributed by atoms with Crippen molar-refractivity contribution in [1.29, 1.82) is 0 Å². The summed E-state index contributed by atoms with van der Waals surface area (Å²) in [6.07, 6.45) is 1.55. The first-order valence-electron chi connectivity index (χ1n) is 4.52. The molecule has 0 saturated heterocycles. The lowest BCUT2D eigenvalue weighted by Gasteiger charge is -2.00. The van der Waals surface area contributed by atoms with Crippen molar-refractivity contribution < 1.29 is 8.42 Å². The van der Waals surface area contributed by atoms with Crippen LogP contribution >= 0.6 is 22.3 Å². The van der Waals surface area contributed by atoms with Gasteiger partial charge in [-0.25, -0.2) is 18.1 Å². The molecule has 2 aromatic heterocycles. The molecule has 2 aromatic rings. The average molecular weight is 292 g/mol. The van der Waals surface area contributed by atoms with Gasteiger partial charge in [-0.15, -0.1) is 0 Å². The fourth-order valence-corrected chi connectivity index (χ4v) is 3.31. The second-order valence-electron chi connectivity index (χ2n) is 3.24. The van der Waals surface area contributed by atoms with Gasteiger partial charge in [0.25, 0.3) is 9.05 Å². The molecule has 0 fully saturated rings. The molecule has 0 spiro atoms. The van der Waals surface area contributed by atoms with E-state index in [-0.39, 0.29) is 15.7 Å². The highest BCUT2D eigenvalue weighted by atomic mass is 35.7. The van der Waals surface area contributed by atoms with Gasteiger partial charge in [0.1, 0.15) is 4.90 Å². The number of hydrogen-bond acceptors (Lipinski definition) is 4. The standard InChI is InChI=1S/C9H7Cl2N3O2S/c1-6-8(17(11,15)16)9(10)14(13-6)7-4-2-3-5-12-7/h2-5H,1H3. The number of halogens is 2. The molecule has 8 heteroatoms. The van der Waals surface area contributed by atoms with Crippen molar-refractivity contribution >= 4 is 31.3 Å². The third kappa shape index (κ3) is 2.29. The summed E-state index contributed by atoms with van der Waals surface area (Å²) in [4.78, 5) is 3.84. The van der Waals surface area contributed by atoms with Crippen LogP contribution in [0.25, 0.3) is 5.82 Å². The van der Waals surface area contributed by atoms with Crippen molar-refractivity contribution in [2.24, 2.45) is 0 Å². The summed E-state index contributed by atoms with van der Waals surface area (Å²) in [7, 11) is 1.36. The largest absolute Gasteiger partial charge is 0.266 e. The maximum absolute atomic E-state index is 11.3. The Kier molecular flexibility index (Phi) is 3.11. The zero-order valence-corrected chi connectivity index (χ0v) is 11.0. The quantitative estimate of drug-likeness (QED) is 0.796. The van der Waals surface area contributed by atoms with Crippen LogP contribution in [0.2, 0.25) is 5.15 Å². The van der Waals surface area contributed by atoms with E-state index in [1.807, 2.05) is 0 Å². The summed E-state index contributed by atoms with van der Waals surface area (Å²) in [6, 6.07) is 5.13. The van der Waals surface area contributed by atoms with Crippen LogP contribution in [0.5, 0.6) is 0 Å². The van der Waals surface area contributed by atoms with Crippen LogP contribution in [0.1, 0.15) is 5.69 Å². The van der Waals surface area contributed by atoms with Gasteiger partial charge in [0.15, 0.2) is 11.0 Å². The Balaban J connectivity index is 2.69. The second-order valence-corrected chi connectivity index (χ2v) is 6.10. The van der Waals surface area contributed by atoms with Gasteiger partial charge in [-0.05, 0) is 19.1 Å². The van der Waals surface area contributed by atoms with E-state index in [1.165, 1.54) is 11.6 Å². The Morgan fingerprint density at radius 2 is 2.06 bits per heavy atom. The zero-order chi connectivity index (χ0) is 12.6. The Bertz CT molecular complexity index is 652. The fourth-order valence-electron chi connectivity index (χ4n) is 1.39. The van der Waals surface area contributed by atoms with E-state index in [4.69, 9.17) is 22.3 Å². The van der Waals surface area contributed by atoms with Crippen LogP contribution in [0.4, 0.5) is 0 Å². The van der Waals surface area contributed by atoms with E-state index in [2.05, 4.69) is 10.1 Å². The minimum Gasteiger partial charge on any atom is -0.237 e. The Morgan fingerprint density at radius 1 is 1.35 bits per heavy atom. The van der Waals surface area contributed by atoms with Crippen molar-refractivity contribution in [2.45, 2.75) is 11.8 Å². The number of nitrogens with zero attached hydrogens (tertiary/aromatic N) is 3. The molecule has 17 heavy (non-hydrogen) atoms. The van der Waals surface area contributed by atoms with Gasteiger partial charge >= 0.3 is 0 Å². The van der Waals surface area contributed by atoms with E-state index in [9.17, 15) is 8.42 Å². The van der Waals surface area contributed by atoms with E-state index in [0.29, 0.717) is 5.82 Å². The molecule has 2 heterocycles. The van der Waals surface area contributed by atoms with Crippen molar-refractivity contribution in [1.82, 2.24) is 14.8 Å². The summed E-state index contributed by atoms with van der Waals surface area (Å²) in [5.41, 5.74) is 0.232. The number of aryl methyl sites for hydroxylation is 1. The molecule has 2 rings (SSSR count). The average Bonchev–Trinajstić information content (AvgIpc) is 2.54. The molecule has 90 valence electrons. The van der Waals surface area contributed by atoms with Crippen LogP contribution in [-0.2, 0) is 9.05 Å². The molecule has 0 aliphatic carbocycles. The highest BCUT2D eigenvalue weighted by Crippen LogP contribution is 2.29. The van der Waals surface area contributed by atoms with E-state index in [0.717, 1.165) is 0 Å². The Morgan fingerprint density at radius 3 is 2.53 bits per heavy atom. The first-order valence-corrected chi connectivity index (χ1v) is 7.21. The molecule has 0 aliphatic rings. The minimum atomic E-state index is -3.92. The number of pyridine rings is 1. The molecule has 5 nitrogen and oxygen atoms in total. The van der Waals surface area contributed by atoms with Crippen LogP contribution in [0.3, 0.4) is 0 Å². The van der Waals surface area contributed by atoms with Crippen LogP contribution in [0, 0.1) is 6.92 Å².